The van der Waals surface area contributed by atoms with Crippen molar-refractivity contribution in [1.29, 1.82) is 0 Å². The minimum absolute atomic E-state index is 0.0404. The Morgan fingerprint density at radius 3 is 2.55 bits per heavy atom. The number of aromatic nitrogens is 2. The Hall–Kier alpha value is -3.69. The van der Waals surface area contributed by atoms with E-state index in [9.17, 15) is 28.1 Å². The molecule has 0 bridgehead atoms. The van der Waals surface area contributed by atoms with Gasteiger partial charge in [0.05, 0.1) is 16.2 Å². The highest BCUT2D eigenvalue weighted by molar-refractivity contribution is 5.91. The molecule has 3 rings (SSSR count). The molecule has 2 heterocycles. The lowest BCUT2D eigenvalue weighted by Crippen LogP contribution is -2.23. The number of benzene rings is 1. The molecule has 29 heavy (non-hydrogen) atoms. The van der Waals surface area contributed by atoms with Gasteiger partial charge in [-0.3, -0.25) is 14.9 Å². The summed E-state index contributed by atoms with van der Waals surface area (Å²) in [5.74, 6) is -0.369. The first-order chi connectivity index (χ1) is 13.7. The maximum absolute atomic E-state index is 12.7. The number of halogens is 3. The van der Waals surface area contributed by atoms with Crippen molar-refractivity contribution in [2.75, 3.05) is 6.54 Å². The number of nitrogens with one attached hydrogen (secondary N) is 1. The maximum Gasteiger partial charge on any atom is 0.417 e. The van der Waals surface area contributed by atoms with Gasteiger partial charge in [-0.05, 0) is 35.9 Å². The molecule has 0 unspecified atom stereocenters. The molecule has 3 aromatic rings. The van der Waals surface area contributed by atoms with Gasteiger partial charge in [0.1, 0.15) is 5.65 Å². The van der Waals surface area contributed by atoms with Crippen molar-refractivity contribution in [2.24, 2.45) is 0 Å². The monoisotopic (exact) mass is 404 g/mol. The predicted octanol–water partition coefficient (Wildman–Crippen LogP) is 3.63. The topological polar surface area (TPSA) is 89.5 Å². The minimum Gasteiger partial charge on any atom is -0.352 e. The second-order valence-electron chi connectivity index (χ2n) is 6.14. The van der Waals surface area contributed by atoms with Crippen molar-refractivity contribution >= 4 is 23.3 Å². The highest BCUT2D eigenvalue weighted by atomic mass is 19.4. The number of carbonyl (C=O) groups is 1. The van der Waals surface area contributed by atoms with Gasteiger partial charge < -0.3 is 9.72 Å². The SMILES string of the molecule is O=C(/C=C/c1ccc([N+](=O)[O-])cc1)NCCc1cn2cc(C(F)(F)F)ccc2n1. The predicted molar refractivity (Wildman–Crippen MR) is 99.0 cm³/mol. The van der Waals surface area contributed by atoms with Crippen LogP contribution in [-0.2, 0) is 17.4 Å². The number of alkyl halides is 3. The summed E-state index contributed by atoms with van der Waals surface area (Å²) >= 11 is 0. The first kappa shape index (κ1) is 20.1. The number of nitrogens with zero attached hydrogens (tertiary/aromatic N) is 3. The largest absolute Gasteiger partial charge is 0.417 e. The van der Waals surface area contributed by atoms with Crippen molar-refractivity contribution in [3.63, 3.8) is 0 Å². The van der Waals surface area contributed by atoms with E-state index < -0.39 is 16.7 Å². The van der Waals surface area contributed by atoms with E-state index in [0.717, 1.165) is 12.3 Å². The Morgan fingerprint density at radius 1 is 1.17 bits per heavy atom. The molecule has 0 radical (unpaired) electrons. The third kappa shape index (κ3) is 5.18. The summed E-state index contributed by atoms with van der Waals surface area (Å²) in [6.45, 7) is 0.249. The Balaban J connectivity index is 1.54. The Morgan fingerprint density at radius 2 is 1.90 bits per heavy atom. The van der Waals surface area contributed by atoms with Gasteiger partial charge in [0.15, 0.2) is 0 Å². The van der Waals surface area contributed by atoms with Gasteiger partial charge >= 0.3 is 6.18 Å². The fourth-order valence-electron chi connectivity index (χ4n) is 2.58. The number of amides is 1. The fourth-order valence-corrected chi connectivity index (χ4v) is 2.58. The Bertz CT molecular complexity index is 1070. The number of pyridine rings is 1. The van der Waals surface area contributed by atoms with Crippen molar-refractivity contribution in [3.05, 3.63) is 81.8 Å². The van der Waals surface area contributed by atoms with Crippen LogP contribution in [0, 0.1) is 10.1 Å². The van der Waals surface area contributed by atoms with Gasteiger partial charge in [-0.25, -0.2) is 4.98 Å². The van der Waals surface area contributed by atoms with Crippen LogP contribution in [0.15, 0.2) is 54.9 Å². The van der Waals surface area contributed by atoms with E-state index in [1.54, 1.807) is 0 Å². The molecule has 7 nitrogen and oxygen atoms in total. The fraction of sp³-hybridized carbons (Fsp3) is 0.158. The van der Waals surface area contributed by atoms with E-state index in [1.807, 2.05) is 0 Å². The number of imidazole rings is 1. The van der Waals surface area contributed by atoms with Crippen molar-refractivity contribution in [3.8, 4) is 0 Å². The van der Waals surface area contributed by atoms with Crippen LogP contribution in [0.4, 0.5) is 18.9 Å². The van der Waals surface area contributed by atoms with Gasteiger partial charge in [0.2, 0.25) is 5.91 Å². The molecule has 0 aliphatic rings. The summed E-state index contributed by atoms with van der Waals surface area (Å²) in [4.78, 5) is 26.2. The van der Waals surface area contributed by atoms with E-state index in [4.69, 9.17) is 0 Å². The minimum atomic E-state index is -4.43. The van der Waals surface area contributed by atoms with Crippen LogP contribution >= 0.6 is 0 Å². The average Bonchev–Trinajstić information content (AvgIpc) is 3.08. The first-order valence-corrected chi connectivity index (χ1v) is 8.47. The van der Waals surface area contributed by atoms with E-state index >= 15 is 0 Å². The lowest BCUT2D eigenvalue weighted by atomic mass is 10.2. The number of nitro groups is 1. The van der Waals surface area contributed by atoms with Crippen LogP contribution in [0.25, 0.3) is 11.7 Å². The molecular weight excluding hydrogens is 389 g/mol. The second-order valence-corrected chi connectivity index (χ2v) is 6.14. The van der Waals surface area contributed by atoms with Gasteiger partial charge in [0, 0.05) is 43.6 Å². The van der Waals surface area contributed by atoms with Crippen LogP contribution in [0.1, 0.15) is 16.8 Å². The average molecular weight is 404 g/mol. The maximum atomic E-state index is 12.7. The molecule has 10 heteroatoms. The van der Waals surface area contributed by atoms with Gasteiger partial charge in [-0.15, -0.1) is 0 Å². The lowest BCUT2D eigenvalue weighted by Gasteiger charge is -2.05. The van der Waals surface area contributed by atoms with Crippen LogP contribution in [0.2, 0.25) is 0 Å². The van der Waals surface area contributed by atoms with Crippen LogP contribution in [0.3, 0.4) is 0 Å². The molecule has 0 saturated heterocycles. The number of nitro benzene ring substituents is 1. The molecular formula is C19H15F3N4O3. The highest BCUT2D eigenvalue weighted by Crippen LogP contribution is 2.29. The number of hydrogen-bond acceptors (Lipinski definition) is 4. The summed E-state index contributed by atoms with van der Waals surface area (Å²) in [5, 5.41) is 13.2. The summed E-state index contributed by atoms with van der Waals surface area (Å²) in [5.41, 5.74) is 0.757. The molecule has 2 aromatic heterocycles. The second kappa shape index (κ2) is 8.13. The summed E-state index contributed by atoms with van der Waals surface area (Å²) in [6, 6.07) is 7.98. The molecule has 1 aromatic carbocycles. The Labute approximate surface area is 162 Å². The van der Waals surface area contributed by atoms with E-state index in [-0.39, 0.29) is 18.1 Å². The standard InChI is InChI=1S/C19H15F3N4O3/c20-19(21,22)14-4-7-17-24-15(12-25(17)11-14)9-10-23-18(27)8-3-13-1-5-16(6-2-13)26(28)29/h1-8,11-12H,9-10H2,(H,23,27)/b8-3+. The molecule has 150 valence electrons. The van der Waals surface area contributed by atoms with E-state index in [1.165, 1.54) is 53.1 Å². The van der Waals surface area contributed by atoms with Gasteiger partial charge in [0.25, 0.3) is 5.69 Å². The highest BCUT2D eigenvalue weighted by Gasteiger charge is 2.30. The normalized spacial score (nSPS) is 11.8. The molecule has 1 amide bonds. The zero-order chi connectivity index (χ0) is 21.0. The van der Waals surface area contributed by atoms with E-state index in [0.29, 0.717) is 23.3 Å². The quantitative estimate of drug-likeness (QED) is 0.386. The number of fused-ring (bicyclic) bond motifs is 1. The summed E-state index contributed by atoms with van der Waals surface area (Å²) in [6.07, 6.45) is 1.19. The zero-order valence-corrected chi connectivity index (χ0v) is 14.9. The van der Waals surface area contributed by atoms with Crippen molar-refractivity contribution in [2.45, 2.75) is 12.6 Å². The molecule has 0 aliphatic carbocycles. The van der Waals surface area contributed by atoms with Gasteiger partial charge in [-0.2, -0.15) is 13.2 Å². The molecule has 1 N–H and O–H groups in total. The van der Waals surface area contributed by atoms with Crippen molar-refractivity contribution in [1.82, 2.24) is 14.7 Å². The number of hydrogen-bond donors (Lipinski definition) is 1. The number of carbonyl (C=O) groups excluding carboxylic acids is 1. The van der Waals surface area contributed by atoms with Gasteiger partial charge in [-0.1, -0.05) is 0 Å². The smallest absolute Gasteiger partial charge is 0.352 e. The zero-order valence-electron chi connectivity index (χ0n) is 14.9. The third-order valence-corrected chi connectivity index (χ3v) is 4.04. The summed E-state index contributed by atoms with van der Waals surface area (Å²) < 4.78 is 39.5. The molecule has 0 aliphatic heterocycles. The number of non-ortho nitro benzene ring substituents is 1. The third-order valence-electron chi connectivity index (χ3n) is 4.04. The van der Waals surface area contributed by atoms with Crippen LogP contribution in [0.5, 0.6) is 0 Å². The Kier molecular flexibility index (Phi) is 5.62. The molecule has 0 saturated carbocycles. The van der Waals surface area contributed by atoms with Crippen molar-refractivity contribution < 1.29 is 22.9 Å². The summed E-state index contributed by atoms with van der Waals surface area (Å²) in [7, 11) is 0. The van der Waals surface area contributed by atoms with Crippen LogP contribution < -0.4 is 5.32 Å². The van der Waals surface area contributed by atoms with E-state index in [2.05, 4.69) is 10.3 Å². The molecule has 0 spiro atoms. The molecule has 0 atom stereocenters. The molecule has 0 fully saturated rings. The first-order valence-electron chi connectivity index (χ1n) is 8.47. The number of rotatable bonds is 6. The van der Waals surface area contributed by atoms with Crippen LogP contribution in [-0.4, -0.2) is 26.8 Å². The lowest BCUT2D eigenvalue weighted by molar-refractivity contribution is -0.384.